The van der Waals surface area contributed by atoms with Gasteiger partial charge in [-0.25, -0.2) is 0 Å². The first kappa shape index (κ1) is 17.6. The molecule has 0 radical (unpaired) electrons. The highest BCUT2D eigenvalue weighted by Gasteiger charge is 2.39. The second-order valence-electron chi connectivity index (χ2n) is 5.55. The second-order valence-corrected chi connectivity index (χ2v) is 5.55. The summed E-state index contributed by atoms with van der Waals surface area (Å²) < 4.78 is 0. The molecule has 0 aromatic rings. The van der Waals surface area contributed by atoms with E-state index in [2.05, 4.69) is 0 Å². The molecular formula is C16H24O5. The number of rotatable bonds is 8. The SMILES string of the molecule is C[C@H](O)/C=C/C1C(=O)C[C@H](O)[C@@H]1C/C=C\CCCC(=O)O. The van der Waals surface area contributed by atoms with E-state index in [1.165, 1.54) is 0 Å². The van der Waals surface area contributed by atoms with Gasteiger partial charge in [-0.3, -0.25) is 9.59 Å². The third-order valence-electron chi connectivity index (χ3n) is 3.67. The van der Waals surface area contributed by atoms with Crippen molar-refractivity contribution >= 4 is 11.8 Å². The van der Waals surface area contributed by atoms with Crippen LogP contribution in [0.1, 0.15) is 39.0 Å². The molecule has 0 aliphatic heterocycles. The number of hydrogen-bond donors (Lipinski definition) is 3. The first-order chi connectivity index (χ1) is 9.91. The fourth-order valence-corrected chi connectivity index (χ4v) is 2.55. The topological polar surface area (TPSA) is 94.8 Å². The number of hydrogen-bond acceptors (Lipinski definition) is 4. The lowest BCUT2D eigenvalue weighted by molar-refractivity contribution is -0.137. The van der Waals surface area contributed by atoms with E-state index in [0.717, 1.165) is 0 Å². The maximum atomic E-state index is 11.8. The van der Waals surface area contributed by atoms with Gasteiger partial charge in [0.2, 0.25) is 0 Å². The number of carboxylic acids is 1. The number of ketones is 1. The molecule has 0 aromatic heterocycles. The highest BCUT2D eigenvalue weighted by Crippen LogP contribution is 2.33. The van der Waals surface area contributed by atoms with Gasteiger partial charge < -0.3 is 15.3 Å². The van der Waals surface area contributed by atoms with Gasteiger partial charge in [0.05, 0.1) is 12.2 Å². The predicted octanol–water partition coefficient (Wildman–Crippen LogP) is 1.69. The molecule has 1 rings (SSSR count). The van der Waals surface area contributed by atoms with E-state index >= 15 is 0 Å². The van der Waals surface area contributed by atoms with Gasteiger partial charge in [0, 0.05) is 24.7 Å². The van der Waals surface area contributed by atoms with Crippen LogP contribution in [-0.2, 0) is 9.59 Å². The van der Waals surface area contributed by atoms with E-state index in [9.17, 15) is 19.8 Å². The first-order valence-electron chi connectivity index (χ1n) is 7.35. The molecule has 1 aliphatic carbocycles. The van der Waals surface area contributed by atoms with Crippen molar-refractivity contribution in [3.05, 3.63) is 24.3 Å². The van der Waals surface area contributed by atoms with Crippen molar-refractivity contribution in [3.8, 4) is 0 Å². The fourth-order valence-electron chi connectivity index (χ4n) is 2.55. The summed E-state index contributed by atoms with van der Waals surface area (Å²) in [7, 11) is 0. The van der Waals surface area contributed by atoms with Gasteiger partial charge in [0.25, 0.3) is 0 Å². The highest BCUT2D eigenvalue weighted by molar-refractivity contribution is 5.86. The number of carbonyl (C=O) groups is 2. The Labute approximate surface area is 125 Å². The Morgan fingerprint density at radius 3 is 2.76 bits per heavy atom. The van der Waals surface area contributed by atoms with Gasteiger partial charge >= 0.3 is 5.97 Å². The smallest absolute Gasteiger partial charge is 0.303 e. The van der Waals surface area contributed by atoms with Crippen molar-refractivity contribution in [1.82, 2.24) is 0 Å². The van der Waals surface area contributed by atoms with Crippen LogP contribution in [0.2, 0.25) is 0 Å². The van der Waals surface area contributed by atoms with Crippen molar-refractivity contribution in [2.24, 2.45) is 11.8 Å². The lowest BCUT2D eigenvalue weighted by Gasteiger charge is -2.16. The van der Waals surface area contributed by atoms with Crippen LogP contribution in [0.4, 0.5) is 0 Å². The molecular weight excluding hydrogens is 272 g/mol. The summed E-state index contributed by atoms with van der Waals surface area (Å²) in [6, 6.07) is 0. The maximum absolute atomic E-state index is 11.8. The predicted molar refractivity (Wildman–Crippen MR) is 78.7 cm³/mol. The minimum Gasteiger partial charge on any atom is -0.481 e. The molecule has 1 saturated carbocycles. The molecule has 0 amide bonds. The Kier molecular flexibility index (Phi) is 7.32. The van der Waals surface area contributed by atoms with E-state index in [-0.39, 0.29) is 30.5 Å². The second kappa shape index (κ2) is 8.74. The number of Topliss-reactive ketones (excluding diaryl/α,β-unsaturated/α-hetero) is 1. The molecule has 1 unspecified atom stereocenters. The van der Waals surface area contributed by atoms with E-state index in [1.807, 2.05) is 12.2 Å². The summed E-state index contributed by atoms with van der Waals surface area (Å²) >= 11 is 0. The third-order valence-corrected chi connectivity index (χ3v) is 3.67. The van der Waals surface area contributed by atoms with Crippen molar-refractivity contribution in [2.75, 3.05) is 0 Å². The zero-order valence-corrected chi connectivity index (χ0v) is 12.3. The lowest BCUT2D eigenvalue weighted by atomic mass is 9.90. The first-order valence-corrected chi connectivity index (χ1v) is 7.35. The number of carboxylic acid groups (broad SMARTS) is 1. The summed E-state index contributed by atoms with van der Waals surface area (Å²) in [5, 5.41) is 27.7. The van der Waals surface area contributed by atoms with Crippen molar-refractivity contribution in [3.63, 3.8) is 0 Å². The van der Waals surface area contributed by atoms with Crippen LogP contribution in [0.5, 0.6) is 0 Å². The van der Waals surface area contributed by atoms with Gasteiger partial charge in [0.15, 0.2) is 0 Å². The molecule has 4 atom stereocenters. The van der Waals surface area contributed by atoms with Crippen LogP contribution in [0.15, 0.2) is 24.3 Å². The van der Waals surface area contributed by atoms with Crippen LogP contribution in [0, 0.1) is 11.8 Å². The highest BCUT2D eigenvalue weighted by atomic mass is 16.4. The largest absolute Gasteiger partial charge is 0.481 e. The monoisotopic (exact) mass is 296 g/mol. The van der Waals surface area contributed by atoms with Crippen molar-refractivity contribution < 1.29 is 24.9 Å². The van der Waals surface area contributed by atoms with E-state index in [0.29, 0.717) is 19.3 Å². The van der Waals surface area contributed by atoms with Crippen LogP contribution in [0.3, 0.4) is 0 Å². The molecule has 0 heterocycles. The summed E-state index contributed by atoms with van der Waals surface area (Å²) in [6.07, 6.45) is 7.95. The maximum Gasteiger partial charge on any atom is 0.303 e. The average Bonchev–Trinajstić information content (AvgIpc) is 2.65. The lowest BCUT2D eigenvalue weighted by Crippen LogP contribution is -2.18. The number of allylic oxidation sites excluding steroid dienone is 3. The molecule has 3 N–H and O–H groups in total. The molecule has 0 spiro atoms. The zero-order valence-electron chi connectivity index (χ0n) is 12.3. The summed E-state index contributed by atoms with van der Waals surface area (Å²) in [5.41, 5.74) is 0. The van der Waals surface area contributed by atoms with Crippen molar-refractivity contribution in [1.29, 1.82) is 0 Å². The summed E-state index contributed by atoms with van der Waals surface area (Å²) in [6.45, 7) is 1.61. The van der Waals surface area contributed by atoms with E-state index < -0.39 is 18.2 Å². The molecule has 118 valence electrons. The van der Waals surface area contributed by atoms with Gasteiger partial charge in [-0.05, 0) is 26.2 Å². The third kappa shape index (κ3) is 6.23. The van der Waals surface area contributed by atoms with E-state index in [4.69, 9.17) is 5.11 Å². The summed E-state index contributed by atoms with van der Waals surface area (Å²) in [5.74, 6) is -1.31. The normalized spacial score (nSPS) is 27.8. The standard InChI is InChI=1S/C16H24O5/c1-11(17)8-9-13-12(14(18)10-15(13)19)6-4-2-3-5-7-16(20)21/h2,4,8-9,11-14,17-18H,3,5-7,10H2,1H3,(H,20,21)/b4-2-,9-8+/t11-,12+,13?,14-/m0/s1. The Hall–Kier alpha value is -1.46. The Morgan fingerprint density at radius 2 is 2.14 bits per heavy atom. The van der Waals surface area contributed by atoms with Crippen LogP contribution in [-0.4, -0.2) is 39.3 Å². The van der Waals surface area contributed by atoms with Crippen molar-refractivity contribution in [2.45, 2.75) is 51.2 Å². The molecule has 0 aromatic carbocycles. The molecule has 1 aliphatic rings. The van der Waals surface area contributed by atoms with Crippen LogP contribution >= 0.6 is 0 Å². The average molecular weight is 296 g/mol. The summed E-state index contributed by atoms with van der Waals surface area (Å²) in [4.78, 5) is 22.2. The molecule has 1 fully saturated rings. The Balaban J connectivity index is 2.48. The number of aliphatic hydroxyl groups excluding tert-OH is 2. The number of unbranched alkanes of at least 4 members (excludes halogenated alkanes) is 1. The zero-order chi connectivity index (χ0) is 15.8. The minimum atomic E-state index is -0.802. The van der Waals surface area contributed by atoms with Gasteiger partial charge in [-0.1, -0.05) is 24.3 Å². The van der Waals surface area contributed by atoms with E-state index in [1.54, 1.807) is 19.1 Å². The number of carbonyl (C=O) groups excluding carboxylic acids is 1. The Morgan fingerprint density at radius 1 is 1.43 bits per heavy atom. The van der Waals surface area contributed by atoms with Crippen LogP contribution < -0.4 is 0 Å². The number of aliphatic carboxylic acids is 1. The van der Waals surface area contributed by atoms with Gasteiger partial charge in [-0.2, -0.15) is 0 Å². The fraction of sp³-hybridized carbons (Fsp3) is 0.625. The molecule has 5 heteroatoms. The van der Waals surface area contributed by atoms with Gasteiger partial charge in [0.1, 0.15) is 5.78 Å². The Bertz CT molecular complexity index is 411. The molecule has 0 saturated heterocycles. The number of aliphatic hydroxyl groups is 2. The van der Waals surface area contributed by atoms with Crippen LogP contribution in [0.25, 0.3) is 0 Å². The quantitative estimate of drug-likeness (QED) is 0.468. The molecule has 0 bridgehead atoms. The molecule has 5 nitrogen and oxygen atoms in total. The van der Waals surface area contributed by atoms with Gasteiger partial charge in [-0.15, -0.1) is 0 Å². The molecule has 21 heavy (non-hydrogen) atoms. The minimum absolute atomic E-state index is 0.00340.